The van der Waals surface area contributed by atoms with Gasteiger partial charge in [0.2, 0.25) is 10.0 Å². The second kappa shape index (κ2) is 8.93. The van der Waals surface area contributed by atoms with Crippen molar-refractivity contribution < 1.29 is 27.9 Å². The Labute approximate surface area is 147 Å². The van der Waals surface area contributed by atoms with E-state index in [0.29, 0.717) is 0 Å². The van der Waals surface area contributed by atoms with Crippen molar-refractivity contribution in [2.24, 2.45) is 0 Å². The first-order valence-corrected chi connectivity index (χ1v) is 9.16. The molecule has 1 amide bonds. The van der Waals surface area contributed by atoms with Crippen LogP contribution in [0.1, 0.15) is 30.6 Å². The van der Waals surface area contributed by atoms with Crippen molar-refractivity contribution in [2.75, 3.05) is 20.8 Å². The third kappa shape index (κ3) is 5.52. The lowest BCUT2D eigenvalue weighted by atomic mass is 10.1. The molecule has 25 heavy (non-hydrogen) atoms. The SMILES string of the molecule is COCCC(NC(=O)c1cccc(S(=O)(=O)N(C)C(C)C)c1)C(=O)O. The molecule has 0 fully saturated rings. The average molecular weight is 372 g/mol. The zero-order valence-corrected chi connectivity index (χ0v) is 15.5. The summed E-state index contributed by atoms with van der Waals surface area (Å²) in [6.45, 7) is 3.65. The van der Waals surface area contributed by atoms with Gasteiger partial charge in [0.05, 0.1) is 4.90 Å². The summed E-state index contributed by atoms with van der Waals surface area (Å²) in [5.41, 5.74) is 0.0712. The first-order valence-electron chi connectivity index (χ1n) is 7.72. The van der Waals surface area contributed by atoms with Crippen molar-refractivity contribution in [3.63, 3.8) is 0 Å². The van der Waals surface area contributed by atoms with Crippen LogP contribution in [0.2, 0.25) is 0 Å². The van der Waals surface area contributed by atoms with E-state index in [1.54, 1.807) is 13.8 Å². The van der Waals surface area contributed by atoms with E-state index in [0.717, 1.165) is 0 Å². The lowest BCUT2D eigenvalue weighted by Gasteiger charge is -2.21. The molecule has 1 rings (SSSR count). The van der Waals surface area contributed by atoms with Crippen molar-refractivity contribution in [3.05, 3.63) is 29.8 Å². The van der Waals surface area contributed by atoms with Gasteiger partial charge in [-0.15, -0.1) is 0 Å². The number of amides is 1. The highest BCUT2D eigenvalue weighted by Crippen LogP contribution is 2.18. The molecule has 0 saturated carbocycles. The van der Waals surface area contributed by atoms with Crippen LogP contribution in [-0.2, 0) is 19.6 Å². The van der Waals surface area contributed by atoms with Crippen LogP contribution >= 0.6 is 0 Å². The topological polar surface area (TPSA) is 113 Å². The smallest absolute Gasteiger partial charge is 0.326 e. The number of sulfonamides is 1. The second-order valence-electron chi connectivity index (χ2n) is 5.79. The third-order valence-corrected chi connectivity index (χ3v) is 5.74. The lowest BCUT2D eigenvalue weighted by Crippen LogP contribution is -2.41. The number of aliphatic carboxylic acids is 1. The summed E-state index contributed by atoms with van der Waals surface area (Å²) in [4.78, 5) is 23.4. The van der Waals surface area contributed by atoms with E-state index in [9.17, 15) is 18.0 Å². The number of hydrogen-bond donors (Lipinski definition) is 2. The standard InChI is InChI=1S/C16H24N2O6S/c1-11(2)18(3)25(22,23)13-7-5-6-12(10-13)15(19)17-14(16(20)21)8-9-24-4/h5-7,10-11,14H,8-9H2,1-4H3,(H,17,19)(H,20,21). The van der Waals surface area contributed by atoms with Gasteiger partial charge in [-0.3, -0.25) is 4.79 Å². The number of benzene rings is 1. The zero-order valence-electron chi connectivity index (χ0n) is 14.7. The largest absolute Gasteiger partial charge is 0.480 e. The molecule has 0 aliphatic rings. The maximum atomic E-state index is 12.5. The lowest BCUT2D eigenvalue weighted by molar-refractivity contribution is -0.139. The van der Waals surface area contributed by atoms with Gasteiger partial charge < -0.3 is 15.2 Å². The molecule has 8 nitrogen and oxygen atoms in total. The highest BCUT2D eigenvalue weighted by Gasteiger charge is 2.25. The van der Waals surface area contributed by atoms with Crippen LogP contribution in [0, 0.1) is 0 Å². The second-order valence-corrected chi connectivity index (χ2v) is 7.79. The highest BCUT2D eigenvalue weighted by atomic mass is 32.2. The average Bonchev–Trinajstić information content (AvgIpc) is 2.57. The fraction of sp³-hybridized carbons (Fsp3) is 0.500. The van der Waals surface area contributed by atoms with Gasteiger partial charge in [-0.25, -0.2) is 13.2 Å². The molecule has 140 valence electrons. The van der Waals surface area contributed by atoms with Crippen molar-refractivity contribution in [2.45, 2.75) is 37.2 Å². The van der Waals surface area contributed by atoms with Gasteiger partial charge in [-0.05, 0) is 32.0 Å². The predicted molar refractivity (Wildman–Crippen MR) is 91.9 cm³/mol. The molecular formula is C16H24N2O6S. The van der Waals surface area contributed by atoms with Crippen LogP contribution in [0.25, 0.3) is 0 Å². The van der Waals surface area contributed by atoms with E-state index in [4.69, 9.17) is 9.84 Å². The number of hydrogen-bond acceptors (Lipinski definition) is 5. The monoisotopic (exact) mass is 372 g/mol. The van der Waals surface area contributed by atoms with Crippen LogP contribution in [0.5, 0.6) is 0 Å². The number of nitrogens with one attached hydrogen (secondary N) is 1. The molecule has 0 radical (unpaired) electrons. The first-order chi connectivity index (χ1) is 11.6. The van der Waals surface area contributed by atoms with E-state index in [1.165, 1.54) is 42.7 Å². The number of methoxy groups -OCH3 is 1. The number of nitrogens with zero attached hydrogens (tertiary/aromatic N) is 1. The minimum Gasteiger partial charge on any atom is -0.480 e. The number of carboxylic acid groups (broad SMARTS) is 1. The van der Waals surface area contributed by atoms with Crippen LogP contribution in [0.4, 0.5) is 0 Å². The Morgan fingerprint density at radius 2 is 1.96 bits per heavy atom. The van der Waals surface area contributed by atoms with E-state index in [2.05, 4.69) is 5.32 Å². The number of carbonyl (C=O) groups is 2. The summed E-state index contributed by atoms with van der Waals surface area (Å²) >= 11 is 0. The molecule has 0 heterocycles. The summed E-state index contributed by atoms with van der Waals surface area (Å²) < 4.78 is 31.0. The summed E-state index contributed by atoms with van der Waals surface area (Å²) in [6, 6.07) is 4.14. The molecule has 0 aromatic heterocycles. The molecule has 0 aliphatic heterocycles. The number of carboxylic acids is 1. The van der Waals surface area contributed by atoms with Gasteiger partial charge in [0.15, 0.2) is 0 Å². The van der Waals surface area contributed by atoms with Crippen LogP contribution in [0.15, 0.2) is 29.2 Å². The molecule has 2 N–H and O–H groups in total. The Balaban J connectivity index is 3.04. The van der Waals surface area contributed by atoms with Gasteiger partial charge in [-0.1, -0.05) is 6.07 Å². The van der Waals surface area contributed by atoms with Crippen LogP contribution in [0.3, 0.4) is 0 Å². The highest BCUT2D eigenvalue weighted by molar-refractivity contribution is 7.89. The Morgan fingerprint density at radius 1 is 1.32 bits per heavy atom. The van der Waals surface area contributed by atoms with E-state index < -0.39 is 27.9 Å². The zero-order chi connectivity index (χ0) is 19.2. The molecule has 1 aromatic carbocycles. The minimum atomic E-state index is -3.74. The van der Waals surface area contributed by atoms with Gasteiger partial charge in [-0.2, -0.15) is 4.31 Å². The van der Waals surface area contributed by atoms with E-state index in [1.807, 2.05) is 0 Å². The molecule has 9 heteroatoms. The maximum Gasteiger partial charge on any atom is 0.326 e. The van der Waals surface area contributed by atoms with Gasteiger partial charge >= 0.3 is 5.97 Å². The van der Waals surface area contributed by atoms with Crippen LogP contribution < -0.4 is 5.32 Å². The molecule has 0 spiro atoms. The summed E-state index contributed by atoms with van der Waals surface area (Å²) in [6.07, 6.45) is 0.103. The van der Waals surface area contributed by atoms with Crippen molar-refractivity contribution in [3.8, 4) is 0 Å². The molecule has 1 aromatic rings. The number of ether oxygens (including phenoxy) is 1. The molecule has 0 aliphatic carbocycles. The molecule has 0 saturated heterocycles. The molecule has 0 bridgehead atoms. The van der Waals surface area contributed by atoms with Gasteiger partial charge in [0, 0.05) is 38.8 Å². The summed E-state index contributed by atoms with van der Waals surface area (Å²) in [7, 11) is -0.849. The van der Waals surface area contributed by atoms with Gasteiger partial charge in [0.25, 0.3) is 5.91 Å². The number of rotatable bonds is 9. The number of carbonyl (C=O) groups excluding carboxylic acids is 1. The van der Waals surface area contributed by atoms with E-state index >= 15 is 0 Å². The quantitative estimate of drug-likeness (QED) is 0.667. The molecule has 1 atom stereocenters. The third-order valence-electron chi connectivity index (χ3n) is 3.71. The Hall–Kier alpha value is -1.97. The fourth-order valence-electron chi connectivity index (χ4n) is 1.98. The van der Waals surface area contributed by atoms with Crippen LogP contribution in [-0.4, -0.2) is 62.6 Å². The first kappa shape index (κ1) is 21.1. The Morgan fingerprint density at radius 3 is 2.48 bits per heavy atom. The fourth-order valence-corrected chi connectivity index (χ4v) is 3.39. The predicted octanol–water partition coefficient (Wildman–Crippen LogP) is 0.935. The van der Waals surface area contributed by atoms with Gasteiger partial charge in [0.1, 0.15) is 6.04 Å². The molecule has 1 unspecified atom stereocenters. The Kier molecular flexibility index (Phi) is 7.53. The van der Waals surface area contributed by atoms with Crippen molar-refractivity contribution >= 4 is 21.9 Å². The maximum absolute atomic E-state index is 12.5. The van der Waals surface area contributed by atoms with E-state index in [-0.39, 0.29) is 29.5 Å². The Bertz CT molecular complexity index is 717. The minimum absolute atomic E-state index is 0.0277. The summed E-state index contributed by atoms with van der Waals surface area (Å²) in [5, 5.41) is 11.5. The summed E-state index contributed by atoms with van der Waals surface area (Å²) in [5.74, 6) is -1.85. The molecular weight excluding hydrogens is 348 g/mol. The normalized spacial score (nSPS) is 13.0. The van der Waals surface area contributed by atoms with Crippen molar-refractivity contribution in [1.82, 2.24) is 9.62 Å². The van der Waals surface area contributed by atoms with Crippen molar-refractivity contribution in [1.29, 1.82) is 0 Å².